The second-order valence-corrected chi connectivity index (χ2v) is 5.32. The largest absolute Gasteiger partial charge is 0.376 e. The van der Waals surface area contributed by atoms with E-state index in [0.29, 0.717) is 10.0 Å². The Morgan fingerprint density at radius 1 is 1.17 bits per heavy atom. The molecule has 0 aromatic heterocycles. The van der Waals surface area contributed by atoms with Crippen molar-refractivity contribution in [3.05, 3.63) is 28.2 Å². The van der Waals surface area contributed by atoms with E-state index in [1.807, 2.05) is 6.07 Å². The van der Waals surface area contributed by atoms with Gasteiger partial charge in [0, 0.05) is 5.69 Å². The average molecular weight is 240 g/mol. The van der Waals surface area contributed by atoms with E-state index in [2.05, 4.69) is 23.8 Å². The first-order valence-electron chi connectivity index (χ1n) is 3.32. The van der Waals surface area contributed by atoms with Gasteiger partial charge < -0.3 is 5.32 Å². The zero-order chi connectivity index (χ0) is 9.14. The first-order valence-corrected chi connectivity index (χ1v) is 5.41. The number of rotatable bonds is 2. The molecule has 0 radical (unpaired) electrons. The number of nitrogens with one attached hydrogen (secondary N) is 1. The lowest BCUT2D eigenvalue weighted by molar-refractivity contribution is 1.40. The van der Waals surface area contributed by atoms with Crippen LogP contribution in [0.25, 0.3) is 0 Å². The van der Waals surface area contributed by atoms with Crippen LogP contribution in [0, 0.1) is 0 Å². The van der Waals surface area contributed by atoms with Crippen LogP contribution < -0.4 is 5.32 Å². The van der Waals surface area contributed by atoms with E-state index in [-0.39, 0.29) is 5.52 Å². The van der Waals surface area contributed by atoms with E-state index in [1.54, 1.807) is 12.1 Å². The highest BCUT2D eigenvalue weighted by atomic mass is 35.5. The third-order valence-electron chi connectivity index (χ3n) is 1.25. The molecule has 1 aromatic rings. The Labute approximate surface area is 86.6 Å². The van der Waals surface area contributed by atoms with Crippen molar-refractivity contribution in [2.24, 2.45) is 0 Å². The van der Waals surface area contributed by atoms with Crippen molar-refractivity contribution in [2.45, 2.75) is 5.52 Å². The number of hydrogen-bond acceptors (Lipinski definition) is 1. The van der Waals surface area contributed by atoms with Gasteiger partial charge in [-0.15, -0.1) is 18.5 Å². The molecule has 1 nitrogen and oxygen atoms in total. The van der Waals surface area contributed by atoms with Gasteiger partial charge in [0.05, 0.1) is 15.6 Å². The first kappa shape index (κ1) is 10.5. The lowest BCUT2D eigenvalue weighted by Crippen LogP contribution is -2.01. The van der Waals surface area contributed by atoms with Gasteiger partial charge in [0.25, 0.3) is 0 Å². The predicted octanol–water partition coefficient (Wildman–Crippen LogP) is 3.44. The fourth-order valence-electron chi connectivity index (χ4n) is 0.778. The summed E-state index contributed by atoms with van der Waals surface area (Å²) in [5, 5.41) is 4.30. The number of halogens is 2. The maximum atomic E-state index is 5.81. The zero-order valence-electron chi connectivity index (χ0n) is 6.22. The topological polar surface area (TPSA) is 12.0 Å². The Kier molecular flexibility index (Phi) is 4.06. The van der Waals surface area contributed by atoms with Gasteiger partial charge >= 0.3 is 0 Å². The minimum Gasteiger partial charge on any atom is -0.376 e. The molecular weight excluding hydrogens is 231 g/mol. The summed E-state index contributed by atoms with van der Waals surface area (Å²) in [4.78, 5) is 0. The highest BCUT2D eigenvalue weighted by Crippen LogP contribution is 2.26. The van der Waals surface area contributed by atoms with Crippen LogP contribution in [-0.2, 0) is 0 Å². The van der Waals surface area contributed by atoms with E-state index in [1.165, 1.54) is 0 Å². The van der Waals surface area contributed by atoms with Crippen molar-refractivity contribution in [3.63, 3.8) is 0 Å². The molecule has 0 saturated heterocycles. The SMILES string of the molecule is PC(P)Nc1ccc(Cl)c(Cl)c1. The molecule has 12 heavy (non-hydrogen) atoms. The van der Waals surface area contributed by atoms with Crippen LogP contribution in [0.15, 0.2) is 18.2 Å². The van der Waals surface area contributed by atoms with E-state index >= 15 is 0 Å². The lowest BCUT2D eigenvalue weighted by atomic mass is 10.3. The Hall–Kier alpha value is 0.460. The van der Waals surface area contributed by atoms with Crippen LogP contribution in [0.3, 0.4) is 0 Å². The second kappa shape index (κ2) is 4.63. The van der Waals surface area contributed by atoms with Gasteiger partial charge in [-0.2, -0.15) is 0 Å². The Morgan fingerprint density at radius 3 is 2.33 bits per heavy atom. The van der Waals surface area contributed by atoms with Gasteiger partial charge in [0.1, 0.15) is 0 Å². The van der Waals surface area contributed by atoms with Crippen molar-refractivity contribution in [3.8, 4) is 0 Å². The molecule has 0 aliphatic carbocycles. The normalized spacial score (nSPS) is 10.4. The van der Waals surface area contributed by atoms with E-state index < -0.39 is 0 Å². The molecule has 0 spiro atoms. The average Bonchev–Trinajstić information content (AvgIpc) is 1.96. The maximum Gasteiger partial charge on any atom is 0.0612 e. The van der Waals surface area contributed by atoms with Gasteiger partial charge in [-0.1, -0.05) is 23.2 Å². The lowest BCUT2D eigenvalue weighted by Gasteiger charge is -2.09. The van der Waals surface area contributed by atoms with Crippen molar-refractivity contribution >= 4 is 47.4 Å². The molecule has 0 bridgehead atoms. The third kappa shape index (κ3) is 3.07. The van der Waals surface area contributed by atoms with Gasteiger partial charge in [0.2, 0.25) is 0 Å². The quantitative estimate of drug-likeness (QED) is 0.780. The maximum absolute atomic E-state index is 5.81. The number of benzene rings is 1. The van der Waals surface area contributed by atoms with Crippen molar-refractivity contribution < 1.29 is 0 Å². The summed E-state index contributed by atoms with van der Waals surface area (Å²) < 4.78 is 0. The summed E-state index contributed by atoms with van der Waals surface area (Å²) in [6.45, 7) is 0. The van der Waals surface area contributed by atoms with Crippen LogP contribution in [0.4, 0.5) is 5.69 Å². The van der Waals surface area contributed by atoms with Crippen molar-refractivity contribution in [1.29, 1.82) is 0 Å². The molecule has 0 aliphatic rings. The molecule has 0 heterocycles. The molecule has 0 aliphatic heterocycles. The fourth-order valence-corrected chi connectivity index (χ4v) is 1.46. The van der Waals surface area contributed by atoms with Crippen LogP contribution in [0.5, 0.6) is 0 Å². The standard InChI is InChI=1S/C7H9Cl2NP2/c8-5-2-1-4(3-6(5)9)10-7(11)12/h1-3,7,10H,11-12H2. The van der Waals surface area contributed by atoms with Crippen LogP contribution in [-0.4, -0.2) is 5.52 Å². The minimum absolute atomic E-state index is 0.238. The predicted molar refractivity (Wildman–Crippen MR) is 63.3 cm³/mol. The highest BCUT2D eigenvalue weighted by Gasteiger charge is 1.99. The summed E-state index contributed by atoms with van der Waals surface area (Å²) in [5.41, 5.74) is 1.20. The zero-order valence-corrected chi connectivity index (χ0v) is 10.0. The van der Waals surface area contributed by atoms with Crippen molar-refractivity contribution in [1.82, 2.24) is 0 Å². The number of hydrogen-bond donors (Lipinski definition) is 1. The first-order chi connectivity index (χ1) is 5.59. The summed E-state index contributed by atoms with van der Waals surface area (Å²) >= 11 is 11.6. The molecule has 1 N–H and O–H groups in total. The monoisotopic (exact) mass is 239 g/mol. The molecule has 0 fully saturated rings. The van der Waals surface area contributed by atoms with Gasteiger partial charge in [-0.25, -0.2) is 0 Å². The molecule has 5 heteroatoms. The summed E-state index contributed by atoms with van der Waals surface area (Å²) in [7, 11) is 5.22. The minimum atomic E-state index is 0.238. The van der Waals surface area contributed by atoms with Crippen LogP contribution in [0.1, 0.15) is 0 Å². The van der Waals surface area contributed by atoms with E-state index in [0.717, 1.165) is 5.69 Å². The fraction of sp³-hybridized carbons (Fsp3) is 0.143. The van der Waals surface area contributed by atoms with Crippen LogP contribution >= 0.6 is 41.7 Å². The van der Waals surface area contributed by atoms with Gasteiger partial charge in [-0.05, 0) is 18.2 Å². The smallest absolute Gasteiger partial charge is 0.0612 e. The van der Waals surface area contributed by atoms with Gasteiger partial charge in [0.15, 0.2) is 0 Å². The molecule has 0 amide bonds. The Bertz CT molecular complexity index is 278. The molecule has 2 unspecified atom stereocenters. The molecule has 66 valence electrons. The molecule has 2 atom stereocenters. The number of anilines is 1. The Balaban J connectivity index is 2.82. The molecule has 1 aromatic carbocycles. The molecule has 0 saturated carbocycles. The van der Waals surface area contributed by atoms with Crippen molar-refractivity contribution in [2.75, 3.05) is 5.32 Å². The van der Waals surface area contributed by atoms with E-state index in [9.17, 15) is 0 Å². The van der Waals surface area contributed by atoms with Gasteiger partial charge in [-0.3, -0.25) is 0 Å². The Morgan fingerprint density at radius 2 is 1.83 bits per heavy atom. The van der Waals surface area contributed by atoms with Crippen LogP contribution in [0.2, 0.25) is 10.0 Å². The molecular formula is C7H9Cl2NP2. The highest BCUT2D eigenvalue weighted by molar-refractivity contribution is 7.38. The summed E-state index contributed by atoms with van der Waals surface area (Å²) in [5.74, 6) is 0. The molecule has 1 rings (SSSR count). The second-order valence-electron chi connectivity index (χ2n) is 2.30. The summed E-state index contributed by atoms with van der Waals surface area (Å²) in [6.07, 6.45) is 0. The third-order valence-corrected chi connectivity index (χ3v) is 2.33. The summed E-state index contributed by atoms with van der Waals surface area (Å²) in [6, 6.07) is 5.45. The van der Waals surface area contributed by atoms with E-state index in [4.69, 9.17) is 23.2 Å².